The quantitative estimate of drug-likeness (QED) is 0.781. The van der Waals surface area contributed by atoms with Crippen LogP contribution in [0.1, 0.15) is 18.5 Å². The SMILES string of the molecule is C[C@@H](NS(C)(=O)=O)c1ccncc1. The summed E-state index contributed by atoms with van der Waals surface area (Å²) in [5, 5.41) is 0. The second kappa shape index (κ2) is 3.85. The van der Waals surface area contributed by atoms with Gasteiger partial charge in [0.05, 0.1) is 6.26 Å². The van der Waals surface area contributed by atoms with E-state index in [4.69, 9.17) is 0 Å². The Bertz CT molecular complexity index is 361. The highest BCUT2D eigenvalue weighted by Gasteiger charge is 2.09. The van der Waals surface area contributed by atoms with Gasteiger partial charge in [-0.15, -0.1) is 0 Å². The minimum absolute atomic E-state index is 0.210. The molecule has 0 aliphatic rings. The van der Waals surface area contributed by atoms with E-state index in [1.807, 2.05) is 0 Å². The summed E-state index contributed by atoms with van der Waals surface area (Å²) in [7, 11) is -3.14. The highest BCUT2D eigenvalue weighted by Crippen LogP contribution is 2.10. The first-order valence-corrected chi connectivity index (χ1v) is 5.75. The molecule has 0 aliphatic carbocycles. The average Bonchev–Trinajstić information content (AvgIpc) is 2.03. The molecule has 13 heavy (non-hydrogen) atoms. The zero-order valence-electron chi connectivity index (χ0n) is 7.56. The van der Waals surface area contributed by atoms with Crippen LogP contribution in [0.4, 0.5) is 0 Å². The molecule has 0 fully saturated rings. The number of aromatic nitrogens is 1. The fourth-order valence-electron chi connectivity index (χ4n) is 1.04. The first-order chi connectivity index (χ1) is 5.99. The van der Waals surface area contributed by atoms with Crippen molar-refractivity contribution >= 4 is 10.0 Å². The lowest BCUT2D eigenvalue weighted by atomic mass is 10.1. The average molecular weight is 200 g/mol. The zero-order valence-corrected chi connectivity index (χ0v) is 8.38. The maximum atomic E-state index is 10.9. The van der Waals surface area contributed by atoms with Gasteiger partial charge in [0.2, 0.25) is 10.0 Å². The van der Waals surface area contributed by atoms with Crippen molar-refractivity contribution in [3.63, 3.8) is 0 Å². The molecule has 0 aromatic carbocycles. The van der Waals surface area contributed by atoms with Gasteiger partial charge in [-0.25, -0.2) is 13.1 Å². The third kappa shape index (κ3) is 3.52. The van der Waals surface area contributed by atoms with E-state index in [1.54, 1.807) is 31.5 Å². The normalized spacial score (nSPS) is 14.0. The van der Waals surface area contributed by atoms with E-state index in [-0.39, 0.29) is 6.04 Å². The molecule has 1 N–H and O–H groups in total. The maximum Gasteiger partial charge on any atom is 0.209 e. The van der Waals surface area contributed by atoms with Crippen molar-refractivity contribution < 1.29 is 8.42 Å². The van der Waals surface area contributed by atoms with Crippen LogP contribution in [0.3, 0.4) is 0 Å². The van der Waals surface area contributed by atoms with E-state index in [2.05, 4.69) is 9.71 Å². The molecule has 0 saturated heterocycles. The molecule has 5 heteroatoms. The van der Waals surface area contributed by atoms with E-state index in [1.165, 1.54) is 0 Å². The molecule has 1 atom stereocenters. The Labute approximate surface area is 78.1 Å². The summed E-state index contributed by atoms with van der Waals surface area (Å²) < 4.78 is 24.3. The lowest BCUT2D eigenvalue weighted by molar-refractivity contribution is 0.573. The van der Waals surface area contributed by atoms with Gasteiger partial charge in [-0.1, -0.05) is 0 Å². The first kappa shape index (κ1) is 10.1. The highest BCUT2D eigenvalue weighted by molar-refractivity contribution is 7.88. The molecule has 1 heterocycles. The number of rotatable bonds is 3. The molecule has 1 aromatic heterocycles. The highest BCUT2D eigenvalue weighted by atomic mass is 32.2. The Hall–Kier alpha value is -0.940. The van der Waals surface area contributed by atoms with Crippen molar-refractivity contribution in [3.8, 4) is 0 Å². The minimum Gasteiger partial charge on any atom is -0.265 e. The van der Waals surface area contributed by atoms with Gasteiger partial charge in [-0.3, -0.25) is 4.98 Å². The molecular formula is C8H12N2O2S. The van der Waals surface area contributed by atoms with Crippen LogP contribution in [-0.4, -0.2) is 19.7 Å². The summed E-state index contributed by atoms with van der Waals surface area (Å²) in [4.78, 5) is 3.85. The second-order valence-corrected chi connectivity index (χ2v) is 4.67. The van der Waals surface area contributed by atoms with Crippen LogP contribution >= 0.6 is 0 Å². The Kier molecular flexibility index (Phi) is 3.00. The van der Waals surface area contributed by atoms with Crippen molar-refractivity contribution in [2.75, 3.05) is 6.26 Å². The molecule has 72 valence electrons. The van der Waals surface area contributed by atoms with E-state index < -0.39 is 10.0 Å². The van der Waals surface area contributed by atoms with Gasteiger partial charge in [0, 0.05) is 18.4 Å². The number of sulfonamides is 1. The Morgan fingerprint density at radius 3 is 2.38 bits per heavy atom. The van der Waals surface area contributed by atoms with E-state index in [0.717, 1.165) is 11.8 Å². The number of nitrogens with zero attached hydrogens (tertiary/aromatic N) is 1. The second-order valence-electron chi connectivity index (χ2n) is 2.89. The third-order valence-electron chi connectivity index (χ3n) is 1.60. The van der Waals surface area contributed by atoms with Crippen molar-refractivity contribution in [3.05, 3.63) is 30.1 Å². The smallest absolute Gasteiger partial charge is 0.209 e. The van der Waals surface area contributed by atoms with Crippen molar-refractivity contribution in [2.24, 2.45) is 0 Å². The van der Waals surface area contributed by atoms with Crippen molar-refractivity contribution in [1.82, 2.24) is 9.71 Å². The van der Waals surface area contributed by atoms with Crippen LogP contribution in [-0.2, 0) is 10.0 Å². The molecule has 0 bridgehead atoms. The summed E-state index contributed by atoms with van der Waals surface area (Å²) in [6.45, 7) is 1.79. The van der Waals surface area contributed by atoms with Crippen LogP contribution in [0.5, 0.6) is 0 Å². The van der Waals surface area contributed by atoms with E-state index in [0.29, 0.717) is 0 Å². The summed E-state index contributed by atoms with van der Waals surface area (Å²) in [6.07, 6.45) is 4.41. The molecule has 4 nitrogen and oxygen atoms in total. The monoisotopic (exact) mass is 200 g/mol. The molecular weight excluding hydrogens is 188 g/mol. The predicted molar refractivity (Wildman–Crippen MR) is 50.6 cm³/mol. The topological polar surface area (TPSA) is 59.1 Å². The number of nitrogens with one attached hydrogen (secondary N) is 1. The van der Waals surface area contributed by atoms with E-state index in [9.17, 15) is 8.42 Å². The van der Waals surface area contributed by atoms with Gasteiger partial charge in [0.25, 0.3) is 0 Å². The van der Waals surface area contributed by atoms with Crippen LogP contribution in [0.25, 0.3) is 0 Å². The summed E-state index contributed by atoms with van der Waals surface area (Å²) in [5.41, 5.74) is 0.903. The number of pyridine rings is 1. The Morgan fingerprint density at radius 1 is 1.38 bits per heavy atom. The predicted octanol–water partition coefficient (Wildman–Crippen LogP) is 0.692. The molecule has 0 unspecified atom stereocenters. The van der Waals surface area contributed by atoms with Gasteiger partial charge in [-0.05, 0) is 24.6 Å². The van der Waals surface area contributed by atoms with Crippen LogP contribution < -0.4 is 4.72 Å². The molecule has 0 radical (unpaired) electrons. The lowest BCUT2D eigenvalue weighted by Gasteiger charge is -2.11. The van der Waals surface area contributed by atoms with E-state index >= 15 is 0 Å². The minimum atomic E-state index is -3.14. The van der Waals surface area contributed by atoms with Crippen LogP contribution in [0.2, 0.25) is 0 Å². The largest absolute Gasteiger partial charge is 0.265 e. The van der Waals surface area contributed by atoms with Crippen molar-refractivity contribution in [2.45, 2.75) is 13.0 Å². The van der Waals surface area contributed by atoms with Gasteiger partial charge in [0.1, 0.15) is 0 Å². The van der Waals surface area contributed by atoms with Gasteiger partial charge >= 0.3 is 0 Å². The summed E-state index contributed by atoms with van der Waals surface area (Å²) in [5.74, 6) is 0. The fourth-order valence-corrected chi connectivity index (χ4v) is 1.82. The summed E-state index contributed by atoms with van der Waals surface area (Å²) in [6, 6.07) is 3.35. The number of hydrogen-bond donors (Lipinski definition) is 1. The van der Waals surface area contributed by atoms with Gasteiger partial charge in [-0.2, -0.15) is 0 Å². The van der Waals surface area contributed by atoms with Gasteiger partial charge < -0.3 is 0 Å². The van der Waals surface area contributed by atoms with Crippen molar-refractivity contribution in [1.29, 1.82) is 0 Å². The third-order valence-corrected chi connectivity index (χ3v) is 2.38. The van der Waals surface area contributed by atoms with Gasteiger partial charge in [0.15, 0.2) is 0 Å². The summed E-state index contributed by atoms with van der Waals surface area (Å²) >= 11 is 0. The fraction of sp³-hybridized carbons (Fsp3) is 0.375. The Balaban J connectivity index is 2.76. The van der Waals surface area contributed by atoms with Crippen LogP contribution in [0.15, 0.2) is 24.5 Å². The maximum absolute atomic E-state index is 10.9. The molecule has 0 amide bonds. The molecule has 1 rings (SSSR count). The molecule has 0 saturated carbocycles. The molecule has 1 aromatic rings. The standard InChI is InChI=1S/C8H12N2O2S/c1-7(10-13(2,11)12)8-3-5-9-6-4-8/h3-7,10H,1-2H3/t7-/m1/s1. The Morgan fingerprint density at radius 2 is 1.92 bits per heavy atom. The first-order valence-electron chi connectivity index (χ1n) is 3.86. The lowest BCUT2D eigenvalue weighted by Crippen LogP contribution is -2.25. The number of hydrogen-bond acceptors (Lipinski definition) is 3. The molecule has 0 aliphatic heterocycles. The zero-order chi connectivity index (χ0) is 9.90. The molecule has 0 spiro atoms. The van der Waals surface area contributed by atoms with Crippen LogP contribution in [0, 0.1) is 0 Å².